The number of benzene rings is 1. The first-order chi connectivity index (χ1) is 7.78. The summed E-state index contributed by atoms with van der Waals surface area (Å²) in [4.78, 5) is 2.50. The van der Waals surface area contributed by atoms with E-state index in [0.717, 1.165) is 22.0 Å². The first-order valence-corrected chi connectivity index (χ1v) is 6.53. The Bertz CT molecular complexity index is 463. The number of hydrogen-bond acceptors (Lipinski definition) is 2. The standard InChI is InChI=1S/C13H13BrN2/c14-12-6-9(7-15)2-4-13(12)16-8-10-1-3-11(16)5-10/h2,4,6,10-11H,1,3,5,8H2. The van der Waals surface area contributed by atoms with Gasteiger partial charge in [-0.1, -0.05) is 0 Å². The van der Waals surface area contributed by atoms with E-state index >= 15 is 0 Å². The molecule has 2 nitrogen and oxygen atoms in total. The van der Waals surface area contributed by atoms with E-state index in [9.17, 15) is 0 Å². The van der Waals surface area contributed by atoms with Gasteiger partial charge in [0.2, 0.25) is 0 Å². The highest BCUT2D eigenvalue weighted by Crippen LogP contribution is 2.42. The van der Waals surface area contributed by atoms with Crippen molar-refractivity contribution in [3.05, 3.63) is 28.2 Å². The molecule has 2 fully saturated rings. The van der Waals surface area contributed by atoms with Crippen molar-refractivity contribution in [3.8, 4) is 6.07 Å². The zero-order valence-corrected chi connectivity index (χ0v) is 10.6. The lowest BCUT2D eigenvalue weighted by molar-refractivity contribution is 0.553. The van der Waals surface area contributed by atoms with Gasteiger partial charge in [-0.2, -0.15) is 5.26 Å². The van der Waals surface area contributed by atoms with E-state index < -0.39 is 0 Å². The Labute approximate surface area is 104 Å². The van der Waals surface area contributed by atoms with Crippen molar-refractivity contribution in [1.82, 2.24) is 0 Å². The first kappa shape index (κ1) is 10.2. The van der Waals surface area contributed by atoms with Crippen molar-refractivity contribution in [2.75, 3.05) is 11.4 Å². The molecule has 82 valence electrons. The fourth-order valence-electron chi connectivity index (χ4n) is 3.03. The SMILES string of the molecule is N#Cc1ccc(N2CC3CCC2C3)c(Br)c1. The molecule has 2 atom stereocenters. The van der Waals surface area contributed by atoms with Crippen LogP contribution < -0.4 is 4.90 Å². The second-order valence-electron chi connectivity index (χ2n) is 4.76. The Balaban J connectivity index is 1.93. The minimum absolute atomic E-state index is 0.722. The summed E-state index contributed by atoms with van der Waals surface area (Å²) in [7, 11) is 0. The molecule has 0 spiro atoms. The van der Waals surface area contributed by atoms with Crippen molar-refractivity contribution in [1.29, 1.82) is 5.26 Å². The van der Waals surface area contributed by atoms with Gasteiger partial charge in [-0.3, -0.25) is 0 Å². The molecule has 1 saturated heterocycles. The summed E-state index contributed by atoms with van der Waals surface area (Å²) in [5, 5.41) is 8.84. The van der Waals surface area contributed by atoms with Crippen molar-refractivity contribution in [2.24, 2.45) is 5.92 Å². The largest absolute Gasteiger partial charge is 0.367 e. The number of nitriles is 1. The lowest BCUT2D eigenvalue weighted by Gasteiger charge is -2.30. The van der Waals surface area contributed by atoms with E-state index in [0.29, 0.717) is 0 Å². The van der Waals surface area contributed by atoms with Crippen LogP contribution in [0.2, 0.25) is 0 Å². The molecule has 2 bridgehead atoms. The molecule has 3 heteroatoms. The zero-order valence-electron chi connectivity index (χ0n) is 8.99. The highest BCUT2D eigenvalue weighted by atomic mass is 79.9. The molecule has 1 heterocycles. The third-order valence-electron chi connectivity index (χ3n) is 3.80. The van der Waals surface area contributed by atoms with Gasteiger partial charge in [-0.15, -0.1) is 0 Å². The average molecular weight is 277 g/mol. The molecule has 1 aromatic rings. The molecule has 1 aliphatic heterocycles. The van der Waals surface area contributed by atoms with E-state index in [1.165, 1.54) is 31.5 Å². The van der Waals surface area contributed by atoms with Crippen LogP contribution in [0.1, 0.15) is 24.8 Å². The molecule has 2 aliphatic rings. The van der Waals surface area contributed by atoms with Gasteiger partial charge in [0.1, 0.15) is 0 Å². The molecule has 1 saturated carbocycles. The van der Waals surface area contributed by atoms with E-state index in [2.05, 4.69) is 33.0 Å². The van der Waals surface area contributed by atoms with E-state index in [-0.39, 0.29) is 0 Å². The maximum atomic E-state index is 8.84. The molecule has 0 radical (unpaired) electrons. The normalized spacial score (nSPS) is 27.1. The Hall–Kier alpha value is -1.01. The minimum Gasteiger partial charge on any atom is -0.367 e. The summed E-state index contributed by atoms with van der Waals surface area (Å²) in [5.74, 6) is 0.896. The van der Waals surface area contributed by atoms with Crippen molar-refractivity contribution >= 4 is 21.6 Å². The molecule has 0 N–H and O–H groups in total. The van der Waals surface area contributed by atoms with E-state index in [1.807, 2.05) is 12.1 Å². The minimum atomic E-state index is 0.722. The van der Waals surface area contributed by atoms with E-state index in [1.54, 1.807) is 0 Å². The lowest BCUT2D eigenvalue weighted by Crippen LogP contribution is -2.32. The maximum absolute atomic E-state index is 8.84. The molecular weight excluding hydrogens is 264 g/mol. The van der Waals surface area contributed by atoms with Gasteiger partial charge in [-0.25, -0.2) is 0 Å². The molecule has 2 unspecified atom stereocenters. The maximum Gasteiger partial charge on any atom is 0.0992 e. The quantitative estimate of drug-likeness (QED) is 0.787. The number of rotatable bonds is 1. The highest BCUT2D eigenvalue weighted by Gasteiger charge is 2.38. The topological polar surface area (TPSA) is 27.0 Å². The fraction of sp³-hybridized carbons (Fsp3) is 0.462. The molecule has 1 aromatic carbocycles. The van der Waals surface area contributed by atoms with Crippen LogP contribution in [0.4, 0.5) is 5.69 Å². The number of anilines is 1. The van der Waals surface area contributed by atoms with Crippen LogP contribution in [0.25, 0.3) is 0 Å². The molecule has 3 rings (SSSR count). The summed E-state index contributed by atoms with van der Waals surface area (Å²) in [5.41, 5.74) is 1.98. The third kappa shape index (κ3) is 1.53. The van der Waals surface area contributed by atoms with Gasteiger partial charge in [-0.05, 0) is 59.3 Å². The third-order valence-corrected chi connectivity index (χ3v) is 4.43. The molecule has 16 heavy (non-hydrogen) atoms. The average Bonchev–Trinajstić information content (AvgIpc) is 2.90. The van der Waals surface area contributed by atoms with Gasteiger partial charge < -0.3 is 4.90 Å². The molecule has 0 aromatic heterocycles. The number of halogens is 1. The fourth-order valence-corrected chi connectivity index (χ4v) is 3.64. The van der Waals surface area contributed by atoms with Crippen LogP contribution in [0, 0.1) is 17.2 Å². The van der Waals surface area contributed by atoms with Crippen molar-refractivity contribution in [2.45, 2.75) is 25.3 Å². The van der Waals surface area contributed by atoms with Gasteiger partial charge in [0.05, 0.1) is 17.3 Å². The number of fused-ring (bicyclic) bond motifs is 2. The predicted octanol–water partition coefficient (Wildman–Crippen LogP) is 3.31. The summed E-state index contributed by atoms with van der Waals surface area (Å²) >= 11 is 3.58. The smallest absolute Gasteiger partial charge is 0.0992 e. The number of piperidine rings is 1. The van der Waals surface area contributed by atoms with Crippen LogP contribution in [-0.4, -0.2) is 12.6 Å². The summed E-state index contributed by atoms with van der Waals surface area (Å²) in [6.45, 7) is 1.19. The highest BCUT2D eigenvalue weighted by molar-refractivity contribution is 9.10. The van der Waals surface area contributed by atoms with Gasteiger partial charge in [0, 0.05) is 17.1 Å². The Morgan fingerprint density at radius 3 is 2.81 bits per heavy atom. The van der Waals surface area contributed by atoms with E-state index in [4.69, 9.17) is 5.26 Å². The Kier molecular flexibility index (Phi) is 2.40. The predicted molar refractivity (Wildman–Crippen MR) is 67.3 cm³/mol. The van der Waals surface area contributed by atoms with Crippen molar-refractivity contribution in [3.63, 3.8) is 0 Å². The number of hydrogen-bond donors (Lipinski definition) is 0. The molecular formula is C13H13BrN2. The lowest BCUT2D eigenvalue weighted by atomic mass is 10.1. The molecule has 0 amide bonds. The Morgan fingerprint density at radius 2 is 2.25 bits per heavy atom. The van der Waals surface area contributed by atoms with Crippen LogP contribution in [0.3, 0.4) is 0 Å². The summed E-state index contributed by atoms with van der Waals surface area (Å²) < 4.78 is 1.05. The van der Waals surface area contributed by atoms with Crippen LogP contribution >= 0.6 is 15.9 Å². The Morgan fingerprint density at radius 1 is 1.38 bits per heavy atom. The summed E-state index contributed by atoms with van der Waals surface area (Å²) in [6.07, 6.45) is 4.08. The first-order valence-electron chi connectivity index (χ1n) is 5.74. The van der Waals surface area contributed by atoms with Gasteiger partial charge in [0.15, 0.2) is 0 Å². The molecule has 1 aliphatic carbocycles. The van der Waals surface area contributed by atoms with Gasteiger partial charge >= 0.3 is 0 Å². The van der Waals surface area contributed by atoms with Crippen LogP contribution in [0.15, 0.2) is 22.7 Å². The van der Waals surface area contributed by atoms with Crippen LogP contribution in [-0.2, 0) is 0 Å². The summed E-state index contributed by atoms with van der Waals surface area (Å²) in [6, 6.07) is 8.80. The zero-order chi connectivity index (χ0) is 11.1. The van der Waals surface area contributed by atoms with Crippen molar-refractivity contribution < 1.29 is 0 Å². The monoisotopic (exact) mass is 276 g/mol. The second-order valence-corrected chi connectivity index (χ2v) is 5.62. The van der Waals surface area contributed by atoms with Crippen LogP contribution in [0.5, 0.6) is 0 Å². The second kappa shape index (κ2) is 3.78. The number of nitrogens with zero attached hydrogens (tertiary/aromatic N) is 2. The van der Waals surface area contributed by atoms with Gasteiger partial charge in [0.25, 0.3) is 0 Å².